The van der Waals surface area contributed by atoms with E-state index >= 15 is 0 Å². The van der Waals surface area contributed by atoms with Crippen LogP contribution < -0.4 is 0 Å². The van der Waals surface area contributed by atoms with Crippen LogP contribution in [0.3, 0.4) is 0 Å². The standard InChI is InChI=1S/C4H4N8Si/c5-1-9-13(10-2-6,11-3-7)12-4-8/h5-8H. The minimum absolute atomic E-state index is 1.65. The summed E-state index contributed by atoms with van der Waals surface area (Å²) in [5.41, 5.74) is 0. The monoisotopic (exact) mass is 192 g/mol. The summed E-state index contributed by atoms with van der Waals surface area (Å²) in [6, 6.07) is 6.59. The van der Waals surface area contributed by atoms with E-state index in [1.54, 1.807) is 24.0 Å². The van der Waals surface area contributed by atoms with Gasteiger partial charge in [0.05, 0.1) is 24.0 Å². The maximum Gasteiger partial charge on any atom is 0.614 e. The second-order valence-corrected chi connectivity index (χ2v) is 3.59. The predicted octanol–water partition coefficient (Wildman–Crippen LogP) is 0.433. The molecule has 0 radical (unpaired) electrons. The zero-order chi connectivity index (χ0) is 10.2. The van der Waals surface area contributed by atoms with Crippen LogP contribution >= 0.6 is 0 Å². The van der Waals surface area contributed by atoms with Gasteiger partial charge in [0.25, 0.3) is 0 Å². The summed E-state index contributed by atoms with van der Waals surface area (Å²) in [5.74, 6) is 0. The Kier molecular flexibility index (Phi) is 4.46. The van der Waals surface area contributed by atoms with E-state index in [0.29, 0.717) is 0 Å². The highest BCUT2D eigenvalue weighted by atomic mass is 28.4. The third-order valence-electron chi connectivity index (χ3n) is 0.824. The van der Waals surface area contributed by atoms with Crippen LogP contribution in [-0.2, 0) is 0 Å². The van der Waals surface area contributed by atoms with Crippen molar-refractivity contribution in [3.05, 3.63) is 0 Å². The Morgan fingerprint density at radius 3 is 1.00 bits per heavy atom. The smallest absolute Gasteiger partial charge is 0.242 e. The van der Waals surface area contributed by atoms with Crippen molar-refractivity contribution in [1.82, 2.24) is 0 Å². The van der Waals surface area contributed by atoms with Crippen LogP contribution in [0.1, 0.15) is 0 Å². The summed E-state index contributed by atoms with van der Waals surface area (Å²) >= 11 is 0. The van der Waals surface area contributed by atoms with Gasteiger partial charge in [0.15, 0.2) is 0 Å². The molecule has 0 aromatic rings. The lowest BCUT2D eigenvalue weighted by atomic mass is 11.6. The highest BCUT2D eigenvalue weighted by molar-refractivity contribution is 6.75. The third-order valence-corrected chi connectivity index (χ3v) is 2.47. The molecule has 0 aliphatic carbocycles. The zero-order valence-corrected chi connectivity index (χ0v) is 7.29. The molecule has 0 fully saturated rings. The van der Waals surface area contributed by atoms with Crippen molar-refractivity contribution in [3.8, 4) is 0 Å². The van der Waals surface area contributed by atoms with Crippen LogP contribution in [-0.4, -0.2) is 32.8 Å². The normalized spacial score (nSPS) is 11.7. The van der Waals surface area contributed by atoms with Crippen molar-refractivity contribution >= 4 is 32.8 Å². The summed E-state index contributed by atoms with van der Waals surface area (Å²) < 4.78 is 13.3. The van der Waals surface area contributed by atoms with Crippen molar-refractivity contribution in [2.24, 2.45) is 18.6 Å². The van der Waals surface area contributed by atoms with E-state index in [-0.39, 0.29) is 0 Å². The quantitative estimate of drug-likeness (QED) is 0.361. The highest BCUT2D eigenvalue weighted by Gasteiger charge is 2.35. The Bertz CT molecular complexity index is 295. The highest BCUT2D eigenvalue weighted by Crippen LogP contribution is 2.07. The lowest BCUT2D eigenvalue weighted by molar-refractivity contribution is 1.33. The van der Waals surface area contributed by atoms with Gasteiger partial charge in [0.1, 0.15) is 0 Å². The lowest BCUT2D eigenvalue weighted by Gasteiger charge is -2.00. The van der Waals surface area contributed by atoms with Crippen LogP contribution in [0.5, 0.6) is 0 Å². The van der Waals surface area contributed by atoms with Gasteiger partial charge in [-0.1, -0.05) is 0 Å². The zero-order valence-electron chi connectivity index (χ0n) is 6.29. The number of nitrogens with one attached hydrogen (secondary N) is 4. The largest absolute Gasteiger partial charge is 0.614 e. The van der Waals surface area contributed by atoms with Gasteiger partial charge in [0.2, 0.25) is 0 Å². The van der Waals surface area contributed by atoms with Gasteiger partial charge >= 0.3 is 8.72 Å². The average Bonchev–Trinajstić information content (AvgIpc) is 2.06. The molecule has 4 N–H and O–H groups in total. The van der Waals surface area contributed by atoms with Gasteiger partial charge in [-0.15, -0.1) is 0 Å². The number of hydrogen-bond acceptors (Lipinski definition) is 8. The topological polar surface area (TPSA) is 145 Å². The molecular formula is C4H4N8Si. The number of hydrogen-bond donors (Lipinski definition) is 4. The molecule has 8 nitrogen and oxygen atoms in total. The van der Waals surface area contributed by atoms with E-state index < -0.39 is 8.72 Å². The second-order valence-electron chi connectivity index (χ2n) is 1.49. The molecule has 0 aliphatic rings. The van der Waals surface area contributed by atoms with Crippen LogP contribution in [0.25, 0.3) is 0 Å². The molecule has 0 aromatic carbocycles. The van der Waals surface area contributed by atoms with Crippen molar-refractivity contribution in [2.45, 2.75) is 0 Å². The first kappa shape index (κ1) is 10.7. The fourth-order valence-electron chi connectivity index (χ4n) is 0.450. The van der Waals surface area contributed by atoms with Crippen LogP contribution in [0.4, 0.5) is 0 Å². The van der Waals surface area contributed by atoms with E-state index in [1.165, 1.54) is 0 Å². The summed E-state index contributed by atoms with van der Waals surface area (Å²) in [6.45, 7) is 0. The Morgan fingerprint density at radius 2 is 0.846 bits per heavy atom. The molecule has 0 aliphatic heterocycles. The Labute approximate surface area is 73.9 Å². The van der Waals surface area contributed by atoms with Crippen LogP contribution in [0.15, 0.2) is 18.6 Å². The van der Waals surface area contributed by atoms with E-state index in [4.69, 9.17) is 21.6 Å². The molecule has 13 heavy (non-hydrogen) atoms. The van der Waals surface area contributed by atoms with Gasteiger partial charge in [-0.25, -0.2) is 21.6 Å². The van der Waals surface area contributed by atoms with Gasteiger partial charge in [-0.3, -0.25) is 0 Å². The molecule has 0 saturated heterocycles. The molecular weight excluding hydrogens is 188 g/mol. The maximum absolute atomic E-state index is 6.56. The van der Waals surface area contributed by atoms with E-state index in [0.717, 1.165) is 0 Å². The van der Waals surface area contributed by atoms with Gasteiger partial charge in [-0.2, -0.15) is 18.6 Å². The fraction of sp³-hybridized carbons (Fsp3) is 0. The molecule has 0 spiro atoms. The van der Waals surface area contributed by atoms with Gasteiger partial charge in [0, 0.05) is 0 Å². The summed E-state index contributed by atoms with van der Waals surface area (Å²) in [5, 5.41) is 26.3. The van der Waals surface area contributed by atoms with Crippen LogP contribution in [0.2, 0.25) is 0 Å². The van der Waals surface area contributed by atoms with Crippen molar-refractivity contribution in [2.75, 3.05) is 0 Å². The Morgan fingerprint density at radius 1 is 0.615 bits per heavy atom. The molecule has 0 bridgehead atoms. The van der Waals surface area contributed by atoms with E-state index in [1.807, 2.05) is 0 Å². The van der Waals surface area contributed by atoms with Crippen molar-refractivity contribution < 1.29 is 0 Å². The fourth-order valence-corrected chi connectivity index (χ4v) is 1.35. The molecule has 64 valence electrons. The third kappa shape index (κ3) is 3.09. The SMILES string of the molecule is N=C=N[Si](N=C=N)(N=C=N)N=C=N. The average molecular weight is 192 g/mol. The number of nitrogens with zero attached hydrogens (tertiary/aromatic N) is 4. The Hall–Kier alpha value is -2.26. The van der Waals surface area contributed by atoms with E-state index in [9.17, 15) is 0 Å². The minimum Gasteiger partial charge on any atom is -0.242 e. The Balaban J connectivity index is 5.52. The molecule has 0 saturated carbocycles. The molecule has 0 rings (SSSR count). The molecule has 9 heteroatoms. The predicted molar refractivity (Wildman–Crippen MR) is 46.4 cm³/mol. The van der Waals surface area contributed by atoms with E-state index in [2.05, 4.69) is 18.6 Å². The minimum atomic E-state index is -3.49. The lowest BCUT2D eigenvalue weighted by Crippen LogP contribution is -2.24. The van der Waals surface area contributed by atoms with Gasteiger partial charge in [-0.05, 0) is 0 Å². The first-order chi connectivity index (χ1) is 6.24. The van der Waals surface area contributed by atoms with Crippen LogP contribution in [0, 0.1) is 21.6 Å². The van der Waals surface area contributed by atoms with Crippen molar-refractivity contribution in [1.29, 1.82) is 21.6 Å². The molecule has 0 amide bonds. The summed E-state index contributed by atoms with van der Waals surface area (Å²) in [6.07, 6.45) is 0. The van der Waals surface area contributed by atoms with Gasteiger partial charge < -0.3 is 0 Å². The summed E-state index contributed by atoms with van der Waals surface area (Å²) in [7, 11) is -3.49. The maximum atomic E-state index is 6.56. The first-order valence-corrected chi connectivity index (χ1v) is 4.58. The molecule has 0 unspecified atom stereocenters. The second kappa shape index (κ2) is 5.40. The van der Waals surface area contributed by atoms with Crippen molar-refractivity contribution in [3.63, 3.8) is 0 Å². The first-order valence-electron chi connectivity index (χ1n) is 2.79. The molecule has 0 heterocycles. The number of rotatable bonds is 4. The molecule has 0 atom stereocenters. The molecule has 0 aromatic heterocycles. The summed E-state index contributed by atoms with van der Waals surface area (Å²) in [4.78, 5) is 0.